The number of aliphatic carboxylic acids is 1. The third-order valence-corrected chi connectivity index (χ3v) is 2.97. The van der Waals surface area contributed by atoms with Gasteiger partial charge in [0.2, 0.25) is 0 Å². The summed E-state index contributed by atoms with van der Waals surface area (Å²) in [6, 6.07) is 7.57. The maximum atomic E-state index is 10.5. The van der Waals surface area contributed by atoms with E-state index >= 15 is 0 Å². The van der Waals surface area contributed by atoms with Crippen molar-refractivity contribution in [2.45, 2.75) is 32.7 Å². The van der Waals surface area contributed by atoms with Crippen LogP contribution in [0, 0.1) is 0 Å². The molecule has 0 unspecified atom stereocenters. The van der Waals surface area contributed by atoms with Crippen molar-refractivity contribution in [3.63, 3.8) is 0 Å². The van der Waals surface area contributed by atoms with Gasteiger partial charge in [-0.05, 0) is 54.5 Å². The molecule has 0 fully saturated rings. The lowest BCUT2D eigenvalue weighted by atomic mass is 10.2. The highest BCUT2D eigenvalue weighted by molar-refractivity contribution is 5.66. The van der Waals surface area contributed by atoms with Gasteiger partial charge in [0.1, 0.15) is 5.75 Å². The molecule has 0 atom stereocenters. The number of hydrogen-bond acceptors (Lipinski definition) is 5. The standard InChI is InChI=1S/C14H18N4O3/c1-2-21-12-8-6-11(7-9-12)14-15-16-17-18(14)10-4-3-5-13(19)20/h6-9H,2-5,10H2,1H3,(H,19,20). The summed E-state index contributed by atoms with van der Waals surface area (Å²) in [5.41, 5.74) is 0.904. The number of ether oxygens (including phenoxy) is 1. The van der Waals surface area contributed by atoms with Gasteiger partial charge < -0.3 is 9.84 Å². The molecule has 0 aliphatic heterocycles. The quantitative estimate of drug-likeness (QED) is 0.748. The molecule has 1 aromatic carbocycles. The van der Waals surface area contributed by atoms with Crippen molar-refractivity contribution in [2.24, 2.45) is 0 Å². The van der Waals surface area contributed by atoms with Gasteiger partial charge in [-0.1, -0.05) is 0 Å². The van der Waals surface area contributed by atoms with Crippen molar-refractivity contribution in [3.05, 3.63) is 24.3 Å². The fourth-order valence-corrected chi connectivity index (χ4v) is 1.97. The molecule has 2 aromatic rings. The van der Waals surface area contributed by atoms with Crippen molar-refractivity contribution in [3.8, 4) is 17.1 Å². The van der Waals surface area contributed by atoms with Crippen LogP contribution in [0.4, 0.5) is 0 Å². The summed E-state index contributed by atoms with van der Waals surface area (Å²) >= 11 is 0. The Labute approximate surface area is 122 Å². The number of aromatic nitrogens is 4. The second-order valence-electron chi connectivity index (χ2n) is 4.53. The van der Waals surface area contributed by atoms with E-state index in [-0.39, 0.29) is 6.42 Å². The Balaban J connectivity index is 2.00. The number of carboxylic acid groups (broad SMARTS) is 1. The molecule has 0 bridgehead atoms. The summed E-state index contributed by atoms with van der Waals surface area (Å²) in [5, 5.41) is 20.3. The highest BCUT2D eigenvalue weighted by Gasteiger charge is 2.09. The van der Waals surface area contributed by atoms with E-state index in [2.05, 4.69) is 15.5 Å². The Morgan fingerprint density at radius 2 is 2.05 bits per heavy atom. The van der Waals surface area contributed by atoms with Gasteiger partial charge in [0.15, 0.2) is 5.82 Å². The van der Waals surface area contributed by atoms with Crippen LogP contribution < -0.4 is 4.74 Å². The minimum atomic E-state index is -0.779. The molecule has 0 aliphatic rings. The minimum absolute atomic E-state index is 0.167. The van der Waals surface area contributed by atoms with Crippen LogP contribution in [0.3, 0.4) is 0 Å². The van der Waals surface area contributed by atoms with Crippen molar-refractivity contribution in [1.29, 1.82) is 0 Å². The molecule has 7 nitrogen and oxygen atoms in total. The first kappa shape index (κ1) is 15.0. The molecule has 0 saturated heterocycles. The van der Waals surface area contributed by atoms with Crippen LogP contribution in [0.25, 0.3) is 11.4 Å². The van der Waals surface area contributed by atoms with Crippen LogP contribution >= 0.6 is 0 Å². The summed E-state index contributed by atoms with van der Waals surface area (Å²) in [6.45, 7) is 3.16. The maximum absolute atomic E-state index is 10.5. The van der Waals surface area contributed by atoms with Gasteiger partial charge in [-0.2, -0.15) is 0 Å². The molecule has 0 amide bonds. The molecular formula is C14H18N4O3. The number of nitrogens with zero attached hydrogens (tertiary/aromatic N) is 4. The normalized spacial score (nSPS) is 10.5. The molecule has 0 saturated carbocycles. The van der Waals surface area contributed by atoms with Crippen LogP contribution in [0.15, 0.2) is 24.3 Å². The first-order valence-corrected chi connectivity index (χ1v) is 6.92. The molecule has 1 aromatic heterocycles. The molecule has 0 aliphatic carbocycles. The SMILES string of the molecule is CCOc1ccc(-c2nnnn2CCCCC(=O)O)cc1. The Kier molecular flexibility index (Phi) is 5.25. The molecule has 112 valence electrons. The predicted octanol–water partition coefficient (Wildman–Crippen LogP) is 1.99. The molecular weight excluding hydrogens is 272 g/mol. The van der Waals surface area contributed by atoms with E-state index in [9.17, 15) is 4.79 Å². The number of carbonyl (C=O) groups is 1. The third kappa shape index (κ3) is 4.27. The molecule has 1 N–H and O–H groups in total. The van der Waals surface area contributed by atoms with Gasteiger partial charge in [-0.25, -0.2) is 4.68 Å². The maximum Gasteiger partial charge on any atom is 0.303 e. The number of unbranched alkanes of at least 4 members (excludes halogenated alkanes) is 1. The first-order chi connectivity index (χ1) is 10.2. The fourth-order valence-electron chi connectivity index (χ4n) is 1.97. The third-order valence-electron chi connectivity index (χ3n) is 2.97. The van der Waals surface area contributed by atoms with E-state index in [1.54, 1.807) is 4.68 Å². The van der Waals surface area contributed by atoms with Crippen LogP contribution in [-0.4, -0.2) is 37.9 Å². The first-order valence-electron chi connectivity index (χ1n) is 6.92. The number of carboxylic acids is 1. The molecule has 2 rings (SSSR count). The van der Waals surface area contributed by atoms with Crippen LogP contribution in [0.5, 0.6) is 5.75 Å². The van der Waals surface area contributed by atoms with Crippen molar-refractivity contribution >= 4 is 5.97 Å². The zero-order chi connectivity index (χ0) is 15.1. The Bertz CT molecular complexity index is 580. The van der Waals surface area contributed by atoms with Crippen LogP contribution in [0.1, 0.15) is 26.2 Å². The lowest BCUT2D eigenvalue weighted by molar-refractivity contribution is -0.137. The highest BCUT2D eigenvalue weighted by Crippen LogP contribution is 2.20. The van der Waals surface area contributed by atoms with E-state index in [0.717, 1.165) is 17.7 Å². The van der Waals surface area contributed by atoms with E-state index < -0.39 is 5.97 Å². The smallest absolute Gasteiger partial charge is 0.303 e. The van der Waals surface area contributed by atoms with Gasteiger partial charge in [-0.3, -0.25) is 4.79 Å². The molecule has 1 heterocycles. The minimum Gasteiger partial charge on any atom is -0.494 e. The predicted molar refractivity (Wildman–Crippen MR) is 75.9 cm³/mol. The number of tetrazole rings is 1. The van der Waals surface area contributed by atoms with Crippen LogP contribution in [0.2, 0.25) is 0 Å². The largest absolute Gasteiger partial charge is 0.494 e. The topological polar surface area (TPSA) is 90.1 Å². The molecule has 0 radical (unpaired) electrons. The molecule has 7 heteroatoms. The van der Waals surface area contributed by atoms with Gasteiger partial charge >= 0.3 is 5.97 Å². The van der Waals surface area contributed by atoms with Gasteiger partial charge in [0.05, 0.1) is 6.61 Å². The summed E-state index contributed by atoms with van der Waals surface area (Å²) in [5.74, 6) is 0.702. The Morgan fingerprint density at radius 1 is 1.29 bits per heavy atom. The second kappa shape index (κ2) is 7.37. The summed E-state index contributed by atoms with van der Waals surface area (Å²) < 4.78 is 7.09. The van der Waals surface area contributed by atoms with Crippen molar-refractivity contribution < 1.29 is 14.6 Å². The van der Waals surface area contributed by atoms with E-state index in [4.69, 9.17) is 9.84 Å². The van der Waals surface area contributed by atoms with Gasteiger partial charge in [-0.15, -0.1) is 5.10 Å². The zero-order valence-electron chi connectivity index (χ0n) is 11.9. The van der Waals surface area contributed by atoms with Crippen molar-refractivity contribution in [2.75, 3.05) is 6.61 Å². The van der Waals surface area contributed by atoms with Crippen LogP contribution in [-0.2, 0) is 11.3 Å². The number of aryl methyl sites for hydroxylation is 1. The van der Waals surface area contributed by atoms with E-state index in [1.165, 1.54) is 0 Å². The van der Waals surface area contributed by atoms with Crippen molar-refractivity contribution in [1.82, 2.24) is 20.2 Å². The average molecular weight is 290 g/mol. The number of hydrogen-bond donors (Lipinski definition) is 1. The molecule has 0 spiro atoms. The van der Waals surface area contributed by atoms with Gasteiger partial charge in [0, 0.05) is 18.5 Å². The lowest BCUT2D eigenvalue weighted by Crippen LogP contribution is -2.04. The number of benzene rings is 1. The Hall–Kier alpha value is -2.44. The zero-order valence-corrected chi connectivity index (χ0v) is 11.9. The monoisotopic (exact) mass is 290 g/mol. The fraction of sp³-hybridized carbons (Fsp3) is 0.429. The molecule has 21 heavy (non-hydrogen) atoms. The summed E-state index contributed by atoms with van der Waals surface area (Å²) in [7, 11) is 0. The van der Waals surface area contributed by atoms with E-state index in [1.807, 2.05) is 31.2 Å². The highest BCUT2D eigenvalue weighted by atomic mass is 16.5. The van der Waals surface area contributed by atoms with E-state index in [0.29, 0.717) is 25.4 Å². The van der Waals surface area contributed by atoms with Gasteiger partial charge in [0.25, 0.3) is 0 Å². The number of rotatable bonds is 8. The Morgan fingerprint density at radius 3 is 2.71 bits per heavy atom. The summed E-state index contributed by atoms with van der Waals surface area (Å²) in [4.78, 5) is 10.5. The lowest BCUT2D eigenvalue weighted by Gasteiger charge is -2.06. The average Bonchev–Trinajstić information content (AvgIpc) is 2.93. The second-order valence-corrected chi connectivity index (χ2v) is 4.53. The summed E-state index contributed by atoms with van der Waals surface area (Å²) in [6.07, 6.45) is 1.50.